The molecule has 0 N–H and O–H groups in total. The van der Waals surface area contributed by atoms with E-state index in [1.807, 2.05) is 37.3 Å². The van der Waals surface area contributed by atoms with Crippen LogP contribution in [0.2, 0.25) is 0 Å². The highest BCUT2D eigenvalue weighted by Gasteiger charge is 2.07. The second kappa shape index (κ2) is 11.4. The van der Waals surface area contributed by atoms with Crippen LogP contribution >= 0.6 is 0 Å². The van der Waals surface area contributed by atoms with Gasteiger partial charge in [0.15, 0.2) is 0 Å². The zero-order valence-corrected chi connectivity index (χ0v) is 18.2. The molecule has 0 nitrogen and oxygen atoms in total. The average Bonchev–Trinajstić information content (AvgIpc) is 2.77. The van der Waals surface area contributed by atoms with Crippen molar-refractivity contribution in [2.45, 2.75) is 58.8 Å². The van der Waals surface area contributed by atoms with Crippen molar-refractivity contribution in [3.63, 3.8) is 0 Å². The van der Waals surface area contributed by atoms with Crippen molar-refractivity contribution >= 4 is 10.8 Å². The van der Waals surface area contributed by atoms with Crippen molar-refractivity contribution < 1.29 is 4.39 Å². The van der Waals surface area contributed by atoms with Gasteiger partial charge in [0.2, 0.25) is 0 Å². The Morgan fingerprint density at radius 2 is 1.60 bits per heavy atom. The van der Waals surface area contributed by atoms with Crippen LogP contribution in [0.5, 0.6) is 0 Å². The van der Waals surface area contributed by atoms with E-state index in [2.05, 4.69) is 55.2 Å². The van der Waals surface area contributed by atoms with Gasteiger partial charge in [0.05, 0.1) is 0 Å². The van der Waals surface area contributed by atoms with Crippen LogP contribution in [0, 0.1) is 17.7 Å². The van der Waals surface area contributed by atoms with Gasteiger partial charge in [-0.2, -0.15) is 0 Å². The average molecular weight is 399 g/mol. The van der Waals surface area contributed by atoms with Crippen molar-refractivity contribution in [1.82, 2.24) is 0 Å². The molecule has 3 aromatic carbocycles. The number of hydrogen-bond donors (Lipinski definition) is 0. The van der Waals surface area contributed by atoms with Gasteiger partial charge in [-0.3, -0.25) is 0 Å². The number of benzene rings is 3. The van der Waals surface area contributed by atoms with E-state index in [0.29, 0.717) is 5.39 Å². The Morgan fingerprint density at radius 1 is 0.833 bits per heavy atom. The molecule has 0 spiro atoms. The number of hydrogen-bond acceptors (Lipinski definition) is 0. The number of rotatable bonds is 8. The first-order chi connectivity index (χ1) is 14.7. The lowest BCUT2D eigenvalue weighted by atomic mass is 10.00. The van der Waals surface area contributed by atoms with Crippen LogP contribution in [0.25, 0.3) is 10.8 Å². The van der Waals surface area contributed by atoms with Crippen LogP contribution in [-0.2, 0) is 12.8 Å². The molecule has 154 valence electrons. The predicted octanol–water partition coefficient (Wildman–Crippen LogP) is 8.01. The molecule has 0 heterocycles. The van der Waals surface area contributed by atoms with Crippen LogP contribution in [0.3, 0.4) is 0 Å². The quantitative estimate of drug-likeness (QED) is 0.205. The SMILES string of the molecule is C/C=C/CCc1ccc(C#Cc2ccc3c(F)c(CCCCCC)ccc3c2)cc1. The molecule has 0 aromatic heterocycles. The minimum absolute atomic E-state index is 0.0722. The molecule has 0 fully saturated rings. The van der Waals surface area contributed by atoms with Crippen LogP contribution in [0.1, 0.15) is 68.2 Å². The lowest BCUT2D eigenvalue weighted by Gasteiger charge is -2.07. The summed E-state index contributed by atoms with van der Waals surface area (Å²) in [5, 5.41) is 1.61. The van der Waals surface area contributed by atoms with Crippen molar-refractivity contribution in [1.29, 1.82) is 0 Å². The first kappa shape index (κ1) is 21.8. The van der Waals surface area contributed by atoms with E-state index in [1.54, 1.807) is 0 Å². The molecular weight excluding hydrogens is 367 g/mol. The highest BCUT2D eigenvalue weighted by Crippen LogP contribution is 2.24. The second-order valence-corrected chi connectivity index (χ2v) is 7.84. The molecular formula is C29H31F. The summed E-state index contributed by atoms with van der Waals surface area (Å²) in [7, 11) is 0. The van der Waals surface area contributed by atoms with E-state index in [9.17, 15) is 4.39 Å². The van der Waals surface area contributed by atoms with Gasteiger partial charge in [-0.25, -0.2) is 4.39 Å². The summed E-state index contributed by atoms with van der Waals surface area (Å²) >= 11 is 0. The van der Waals surface area contributed by atoms with Gasteiger partial charge in [-0.1, -0.05) is 80.5 Å². The van der Waals surface area contributed by atoms with Crippen LogP contribution in [0.4, 0.5) is 4.39 Å². The highest BCUT2D eigenvalue weighted by molar-refractivity contribution is 5.85. The Bertz CT molecular complexity index is 1050. The lowest BCUT2D eigenvalue weighted by Crippen LogP contribution is -1.93. The molecule has 3 rings (SSSR count). The molecule has 0 amide bonds. The van der Waals surface area contributed by atoms with Crippen LogP contribution in [0.15, 0.2) is 66.7 Å². The fourth-order valence-corrected chi connectivity index (χ4v) is 3.67. The number of aryl methyl sites for hydroxylation is 2. The minimum Gasteiger partial charge on any atom is -0.206 e. The first-order valence-electron chi connectivity index (χ1n) is 11.1. The van der Waals surface area contributed by atoms with Gasteiger partial charge in [0.1, 0.15) is 5.82 Å². The number of fused-ring (bicyclic) bond motifs is 1. The van der Waals surface area contributed by atoms with E-state index in [-0.39, 0.29) is 5.82 Å². The molecule has 0 aliphatic rings. The summed E-state index contributed by atoms with van der Waals surface area (Å²) in [6.07, 6.45) is 11.8. The summed E-state index contributed by atoms with van der Waals surface area (Å²) in [4.78, 5) is 0. The normalized spacial score (nSPS) is 11.0. The first-order valence-corrected chi connectivity index (χ1v) is 11.1. The summed E-state index contributed by atoms with van der Waals surface area (Å²) in [5.41, 5.74) is 4.06. The third-order valence-electron chi connectivity index (χ3n) is 5.47. The summed E-state index contributed by atoms with van der Waals surface area (Å²) in [5.74, 6) is 6.38. The smallest absolute Gasteiger partial charge is 0.134 e. The Labute approximate surface area is 180 Å². The van der Waals surface area contributed by atoms with E-state index in [4.69, 9.17) is 0 Å². The Hall–Kier alpha value is -2.85. The number of allylic oxidation sites excluding steroid dienone is 2. The Kier molecular flexibility index (Phi) is 8.28. The van der Waals surface area contributed by atoms with Gasteiger partial charge in [-0.15, -0.1) is 0 Å². The van der Waals surface area contributed by atoms with Gasteiger partial charge in [0.25, 0.3) is 0 Å². The monoisotopic (exact) mass is 398 g/mol. The number of halogens is 1. The Balaban J connectivity index is 1.70. The topological polar surface area (TPSA) is 0 Å². The lowest BCUT2D eigenvalue weighted by molar-refractivity contribution is 0.603. The van der Waals surface area contributed by atoms with Crippen molar-refractivity contribution in [2.75, 3.05) is 0 Å². The van der Waals surface area contributed by atoms with Crippen LogP contribution < -0.4 is 0 Å². The maximum Gasteiger partial charge on any atom is 0.134 e. The molecule has 0 saturated heterocycles. The molecule has 0 unspecified atom stereocenters. The standard InChI is InChI=1S/C29H31F/c1-3-5-7-9-11-26-19-20-27-22-25(18-21-28(27)29(26)30)17-16-24-14-12-23(13-15-24)10-8-6-4-2/h4,6,12-15,18-22H,3,5,7-11H2,1-2H3/b6-4+. The highest BCUT2D eigenvalue weighted by atomic mass is 19.1. The van der Waals surface area contributed by atoms with E-state index in [0.717, 1.165) is 47.8 Å². The van der Waals surface area contributed by atoms with E-state index < -0.39 is 0 Å². The third kappa shape index (κ3) is 6.07. The fourth-order valence-electron chi connectivity index (χ4n) is 3.67. The largest absolute Gasteiger partial charge is 0.206 e. The molecule has 0 saturated carbocycles. The maximum absolute atomic E-state index is 14.9. The molecule has 0 aliphatic carbocycles. The van der Waals surface area contributed by atoms with Gasteiger partial charge in [-0.05, 0) is 73.4 Å². The molecule has 0 aliphatic heterocycles. The summed E-state index contributed by atoms with van der Waals surface area (Å²) in [6, 6.07) is 18.2. The fraction of sp³-hybridized carbons (Fsp3) is 0.310. The van der Waals surface area contributed by atoms with Crippen LogP contribution in [-0.4, -0.2) is 0 Å². The van der Waals surface area contributed by atoms with E-state index >= 15 is 0 Å². The minimum atomic E-state index is -0.0722. The molecule has 0 radical (unpaired) electrons. The second-order valence-electron chi connectivity index (χ2n) is 7.84. The number of unbranched alkanes of at least 4 members (excludes halogenated alkanes) is 3. The zero-order valence-electron chi connectivity index (χ0n) is 18.2. The van der Waals surface area contributed by atoms with Gasteiger partial charge >= 0.3 is 0 Å². The maximum atomic E-state index is 14.9. The van der Waals surface area contributed by atoms with Crippen molar-refractivity contribution in [3.05, 3.63) is 94.8 Å². The molecule has 0 bridgehead atoms. The van der Waals surface area contributed by atoms with Crippen molar-refractivity contribution in [2.24, 2.45) is 0 Å². The molecule has 3 aromatic rings. The molecule has 30 heavy (non-hydrogen) atoms. The summed E-state index contributed by atoms with van der Waals surface area (Å²) in [6.45, 7) is 4.24. The van der Waals surface area contributed by atoms with Crippen molar-refractivity contribution in [3.8, 4) is 11.8 Å². The zero-order chi connectivity index (χ0) is 21.2. The third-order valence-corrected chi connectivity index (χ3v) is 5.47. The summed E-state index contributed by atoms with van der Waals surface area (Å²) < 4.78 is 14.9. The van der Waals surface area contributed by atoms with E-state index in [1.165, 1.54) is 24.8 Å². The molecule has 0 atom stereocenters. The van der Waals surface area contributed by atoms with Gasteiger partial charge in [0, 0.05) is 16.5 Å². The van der Waals surface area contributed by atoms with Gasteiger partial charge < -0.3 is 0 Å². The predicted molar refractivity (Wildman–Crippen MR) is 127 cm³/mol. The Morgan fingerprint density at radius 3 is 2.37 bits per heavy atom. The molecule has 1 heteroatoms.